The maximum atomic E-state index is 14.8. The Morgan fingerprint density at radius 3 is 2.64 bits per heavy atom. The van der Waals surface area contributed by atoms with Crippen molar-refractivity contribution in [3.05, 3.63) is 47.7 Å². The summed E-state index contributed by atoms with van der Waals surface area (Å²) in [6.45, 7) is 4.19. The molecule has 11 heteroatoms. The van der Waals surface area contributed by atoms with Crippen molar-refractivity contribution >= 4 is 29.3 Å². The Labute approximate surface area is 226 Å². The number of pyridine rings is 1. The van der Waals surface area contributed by atoms with Gasteiger partial charge in [0.25, 0.3) is 5.91 Å². The first-order valence-electron chi connectivity index (χ1n) is 13.7. The number of amides is 2. The number of anilines is 3. The third-order valence-electron chi connectivity index (χ3n) is 8.13. The van der Waals surface area contributed by atoms with Gasteiger partial charge >= 0.3 is 0 Å². The minimum absolute atomic E-state index is 0.125. The Morgan fingerprint density at radius 2 is 1.92 bits per heavy atom. The molecule has 204 valence electrons. The Hall–Kier alpha value is -4.02. The van der Waals surface area contributed by atoms with Crippen molar-refractivity contribution in [1.82, 2.24) is 29.7 Å². The summed E-state index contributed by atoms with van der Waals surface area (Å²) in [6.07, 6.45) is 8.53. The molecule has 3 aromatic heterocycles. The van der Waals surface area contributed by atoms with Gasteiger partial charge in [0, 0.05) is 58.3 Å². The van der Waals surface area contributed by atoms with Gasteiger partial charge < -0.3 is 25.0 Å². The van der Waals surface area contributed by atoms with Crippen LogP contribution in [0.1, 0.15) is 48.2 Å². The number of fused-ring (bicyclic) bond motifs is 1. The number of likely N-dealkylation sites (tertiary alicyclic amines) is 1. The van der Waals surface area contributed by atoms with Crippen molar-refractivity contribution in [2.75, 3.05) is 42.9 Å². The highest BCUT2D eigenvalue weighted by Gasteiger charge is 2.26. The molecule has 3 aromatic rings. The van der Waals surface area contributed by atoms with Crippen LogP contribution < -0.4 is 15.5 Å². The van der Waals surface area contributed by atoms with E-state index in [2.05, 4.69) is 30.5 Å². The average molecular weight is 533 g/mol. The molecule has 2 fully saturated rings. The molecule has 2 N–H and O–H groups in total. The molecule has 0 bridgehead atoms. The van der Waals surface area contributed by atoms with Gasteiger partial charge in [-0.1, -0.05) is 0 Å². The fraction of sp³-hybridized carbons (Fsp3) is 0.464. The van der Waals surface area contributed by atoms with Crippen molar-refractivity contribution in [1.29, 1.82) is 0 Å². The molecule has 6 heterocycles. The van der Waals surface area contributed by atoms with Gasteiger partial charge in [-0.05, 0) is 49.8 Å². The van der Waals surface area contributed by atoms with Crippen LogP contribution in [-0.4, -0.2) is 69.0 Å². The number of nitrogens with zero attached hydrogens (tertiary/aromatic N) is 6. The van der Waals surface area contributed by atoms with E-state index in [1.165, 1.54) is 0 Å². The SMILES string of the molecule is Cn1c(-c2nc(Nc3ccc(N4CCC(CC(=O)N5CCCC5)CC4)cn3)ncc2F)cc2c1CCNC2=O. The van der Waals surface area contributed by atoms with Gasteiger partial charge in [0.05, 0.1) is 29.3 Å². The third kappa shape index (κ3) is 5.17. The number of rotatable bonds is 6. The third-order valence-corrected chi connectivity index (χ3v) is 8.13. The summed E-state index contributed by atoms with van der Waals surface area (Å²) in [5.41, 5.74) is 3.08. The quantitative estimate of drug-likeness (QED) is 0.502. The molecule has 0 aliphatic carbocycles. The first kappa shape index (κ1) is 25.3. The highest BCUT2D eigenvalue weighted by atomic mass is 19.1. The lowest BCUT2D eigenvalue weighted by atomic mass is 9.93. The zero-order valence-corrected chi connectivity index (χ0v) is 22.1. The molecule has 2 amide bonds. The van der Waals surface area contributed by atoms with Gasteiger partial charge in [-0.3, -0.25) is 9.59 Å². The smallest absolute Gasteiger partial charge is 0.253 e. The average Bonchev–Trinajstić information content (AvgIpc) is 3.61. The molecule has 3 aliphatic heterocycles. The summed E-state index contributed by atoms with van der Waals surface area (Å²) in [7, 11) is 1.82. The van der Waals surface area contributed by atoms with Gasteiger partial charge in [0.1, 0.15) is 11.5 Å². The highest BCUT2D eigenvalue weighted by Crippen LogP contribution is 2.29. The van der Waals surface area contributed by atoms with E-state index in [-0.39, 0.29) is 17.5 Å². The fourth-order valence-corrected chi connectivity index (χ4v) is 5.87. The fourth-order valence-electron chi connectivity index (χ4n) is 5.87. The minimum Gasteiger partial charge on any atom is -0.370 e. The van der Waals surface area contributed by atoms with E-state index in [0.29, 0.717) is 48.3 Å². The molecule has 3 aliphatic rings. The molecular weight excluding hydrogens is 499 g/mol. The number of aromatic nitrogens is 4. The van der Waals surface area contributed by atoms with Crippen LogP contribution in [-0.2, 0) is 18.3 Å². The number of nitrogens with one attached hydrogen (secondary N) is 2. The summed E-state index contributed by atoms with van der Waals surface area (Å²) in [5.74, 6) is 0.804. The highest BCUT2D eigenvalue weighted by molar-refractivity contribution is 5.97. The molecule has 0 radical (unpaired) electrons. The van der Waals surface area contributed by atoms with Crippen LogP contribution in [0.15, 0.2) is 30.6 Å². The first-order chi connectivity index (χ1) is 19.0. The van der Waals surface area contributed by atoms with Crippen LogP contribution in [0.3, 0.4) is 0 Å². The lowest BCUT2D eigenvalue weighted by molar-refractivity contribution is -0.131. The van der Waals surface area contributed by atoms with Crippen molar-refractivity contribution in [3.63, 3.8) is 0 Å². The van der Waals surface area contributed by atoms with E-state index >= 15 is 0 Å². The normalized spacial score (nSPS) is 17.7. The molecule has 10 nitrogen and oxygen atoms in total. The summed E-state index contributed by atoms with van der Waals surface area (Å²) >= 11 is 0. The van der Waals surface area contributed by atoms with Gasteiger partial charge in [-0.15, -0.1) is 0 Å². The monoisotopic (exact) mass is 532 g/mol. The van der Waals surface area contributed by atoms with Gasteiger partial charge in [-0.25, -0.2) is 19.3 Å². The molecule has 0 aromatic carbocycles. The van der Waals surface area contributed by atoms with Crippen molar-refractivity contribution < 1.29 is 14.0 Å². The second-order valence-electron chi connectivity index (χ2n) is 10.6. The van der Waals surface area contributed by atoms with E-state index in [1.54, 1.807) is 6.07 Å². The molecule has 0 saturated carbocycles. The van der Waals surface area contributed by atoms with Crippen molar-refractivity contribution in [2.45, 2.75) is 38.5 Å². The lowest BCUT2D eigenvalue weighted by Crippen LogP contribution is -2.36. The van der Waals surface area contributed by atoms with Crippen molar-refractivity contribution in [2.24, 2.45) is 13.0 Å². The summed E-state index contributed by atoms with van der Waals surface area (Å²) < 4.78 is 16.6. The summed E-state index contributed by atoms with van der Waals surface area (Å²) in [4.78, 5) is 42.1. The van der Waals surface area contributed by atoms with Crippen LogP contribution in [0.25, 0.3) is 11.4 Å². The molecule has 0 unspecified atom stereocenters. The minimum atomic E-state index is -0.562. The number of halogens is 1. The predicted molar refractivity (Wildman–Crippen MR) is 145 cm³/mol. The topological polar surface area (TPSA) is 108 Å². The number of hydrogen-bond acceptors (Lipinski definition) is 7. The number of carbonyl (C=O) groups is 2. The second kappa shape index (κ2) is 10.6. The predicted octanol–water partition coefficient (Wildman–Crippen LogP) is 3.27. The Balaban J connectivity index is 1.09. The van der Waals surface area contributed by atoms with Crippen molar-refractivity contribution in [3.8, 4) is 11.4 Å². The Bertz CT molecular complexity index is 1370. The van der Waals surface area contributed by atoms with Crippen LogP contribution in [0.4, 0.5) is 21.8 Å². The van der Waals surface area contributed by atoms with Crippen LogP contribution >= 0.6 is 0 Å². The Kier molecular flexibility index (Phi) is 6.88. The van der Waals surface area contributed by atoms with E-state index in [1.807, 2.05) is 34.8 Å². The zero-order valence-electron chi connectivity index (χ0n) is 22.1. The number of carbonyl (C=O) groups excluding carboxylic acids is 2. The van der Waals surface area contributed by atoms with Gasteiger partial charge in [0.2, 0.25) is 11.9 Å². The van der Waals surface area contributed by atoms with Crippen LogP contribution in [0.5, 0.6) is 0 Å². The molecule has 2 saturated heterocycles. The largest absolute Gasteiger partial charge is 0.370 e. The zero-order chi connectivity index (χ0) is 26.9. The standard InChI is InChI=1S/C28H33FN8O2/c1-35-22-6-9-30-27(39)20(22)15-23(35)26-21(29)17-32-28(34-26)33-24-5-4-19(16-31-24)36-12-7-18(8-13-36)14-25(38)37-10-2-3-11-37/h4-5,15-18H,2-3,6-14H2,1H3,(H,30,39)(H,31,32,33,34). The van der Waals surface area contributed by atoms with E-state index < -0.39 is 5.82 Å². The molecule has 39 heavy (non-hydrogen) atoms. The molecule has 6 rings (SSSR count). The van der Waals surface area contributed by atoms with E-state index in [0.717, 1.165) is 69.4 Å². The Morgan fingerprint density at radius 1 is 1.13 bits per heavy atom. The maximum Gasteiger partial charge on any atom is 0.253 e. The molecular formula is C28H33FN8O2. The summed E-state index contributed by atoms with van der Waals surface area (Å²) in [5, 5.41) is 5.89. The first-order valence-corrected chi connectivity index (χ1v) is 13.7. The molecule has 0 spiro atoms. The second-order valence-corrected chi connectivity index (χ2v) is 10.6. The van der Waals surface area contributed by atoms with Crippen LogP contribution in [0.2, 0.25) is 0 Å². The molecule has 0 atom stereocenters. The van der Waals surface area contributed by atoms with E-state index in [4.69, 9.17) is 0 Å². The maximum absolute atomic E-state index is 14.8. The van der Waals surface area contributed by atoms with Crippen LogP contribution in [0, 0.1) is 11.7 Å². The number of piperidine rings is 1. The lowest BCUT2D eigenvalue weighted by Gasteiger charge is -2.33. The van der Waals surface area contributed by atoms with Gasteiger partial charge in [-0.2, -0.15) is 0 Å². The number of hydrogen-bond donors (Lipinski definition) is 2. The van der Waals surface area contributed by atoms with E-state index in [9.17, 15) is 14.0 Å². The van der Waals surface area contributed by atoms with Gasteiger partial charge in [0.15, 0.2) is 5.82 Å². The summed E-state index contributed by atoms with van der Waals surface area (Å²) in [6, 6.07) is 5.53.